The van der Waals surface area contributed by atoms with Crippen LogP contribution in [0, 0.1) is 11.6 Å². The van der Waals surface area contributed by atoms with Gasteiger partial charge >= 0.3 is 0 Å². The van der Waals surface area contributed by atoms with Gasteiger partial charge in [-0.25, -0.2) is 8.78 Å². The lowest BCUT2D eigenvalue weighted by atomic mass is 10.2. The van der Waals surface area contributed by atoms with Gasteiger partial charge in [0, 0.05) is 4.47 Å². The molecule has 0 aliphatic rings. The third-order valence-electron chi connectivity index (χ3n) is 2.38. The van der Waals surface area contributed by atoms with Crippen molar-refractivity contribution in [2.24, 2.45) is 0 Å². The Labute approximate surface area is 121 Å². The molecule has 1 N–H and O–H groups in total. The summed E-state index contributed by atoms with van der Waals surface area (Å²) >= 11 is 8.68. The lowest BCUT2D eigenvalue weighted by molar-refractivity contribution is 0.102. The predicted octanol–water partition coefficient (Wildman–Crippen LogP) is 4.63. The molecule has 0 spiro atoms. The van der Waals surface area contributed by atoms with Crippen LogP contribution in [0.3, 0.4) is 0 Å². The van der Waals surface area contributed by atoms with Gasteiger partial charge in [0.25, 0.3) is 5.91 Å². The first kappa shape index (κ1) is 14.0. The van der Waals surface area contributed by atoms with Gasteiger partial charge in [-0.05, 0) is 30.3 Å². The largest absolute Gasteiger partial charge is 0.319 e. The van der Waals surface area contributed by atoms with Crippen molar-refractivity contribution < 1.29 is 13.6 Å². The van der Waals surface area contributed by atoms with Crippen molar-refractivity contribution in [1.82, 2.24) is 0 Å². The summed E-state index contributed by atoms with van der Waals surface area (Å²) in [7, 11) is 0. The van der Waals surface area contributed by atoms with Gasteiger partial charge in [-0.15, -0.1) is 0 Å². The molecule has 0 aliphatic heterocycles. The van der Waals surface area contributed by atoms with Crippen molar-refractivity contribution in [1.29, 1.82) is 0 Å². The smallest absolute Gasteiger partial charge is 0.258 e. The van der Waals surface area contributed by atoms with Crippen molar-refractivity contribution in [2.75, 3.05) is 5.32 Å². The molecule has 0 aromatic heterocycles. The van der Waals surface area contributed by atoms with Crippen molar-refractivity contribution in [3.63, 3.8) is 0 Å². The molecule has 0 fully saturated rings. The number of carbonyl (C=O) groups is 1. The van der Waals surface area contributed by atoms with E-state index in [0.29, 0.717) is 4.47 Å². The average Bonchev–Trinajstić information content (AvgIpc) is 2.36. The van der Waals surface area contributed by atoms with E-state index in [1.54, 1.807) is 6.07 Å². The average molecular weight is 347 g/mol. The fourth-order valence-electron chi connectivity index (χ4n) is 1.46. The summed E-state index contributed by atoms with van der Waals surface area (Å²) < 4.78 is 27.7. The van der Waals surface area contributed by atoms with Gasteiger partial charge in [-0.2, -0.15) is 0 Å². The van der Waals surface area contributed by atoms with Crippen LogP contribution in [0.5, 0.6) is 0 Å². The summed E-state index contributed by atoms with van der Waals surface area (Å²) in [6.45, 7) is 0. The van der Waals surface area contributed by atoms with Gasteiger partial charge in [-0.1, -0.05) is 33.6 Å². The molecule has 2 aromatic carbocycles. The van der Waals surface area contributed by atoms with E-state index in [1.165, 1.54) is 30.3 Å². The van der Waals surface area contributed by atoms with Crippen molar-refractivity contribution >= 4 is 39.1 Å². The van der Waals surface area contributed by atoms with Crippen LogP contribution in [0.2, 0.25) is 5.02 Å². The SMILES string of the molecule is O=C(Nc1ccc(Br)cc1F)c1cccc(Cl)c1F. The molecule has 98 valence electrons. The lowest BCUT2D eigenvalue weighted by Crippen LogP contribution is -2.14. The molecule has 0 unspecified atom stereocenters. The number of anilines is 1. The van der Waals surface area contributed by atoms with E-state index in [0.717, 1.165) is 0 Å². The first-order valence-corrected chi connectivity index (χ1v) is 6.36. The highest BCUT2D eigenvalue weighted by Crippen LogP contribution is 2.22. The molecule has 2 aromatic rings. The summed E-state index contributed by atoms with van der Waals surface area (Å²) in [5, 5.41) is 2.13. The Morgan fingerprint density at radius 1 is 1.21 bits per heavy atom. The first-order valence-electron chi connectivity index (χ1n) is 5.19. The minimum atomic E-state index is -0.834. The zero-order valence-electron chi connectivity index (χ0n) is 9.38. The van der Waals surface area contributed by atoms with Crippen LogP contribution < -0.4 is 5.32 Å². The minimum absolute atomic E-state index is 0.0347. The zero-order chi connectivity index (χ0) is 14.0. The highest BCUT2D eigenvalue weighted by atomic mass is 79.9. The fourth-order valence-corrected chi connectivity index (χ4v) is 1.97. The van der Waals surface area contributed by atoms with E-state index >= 15 is 0 Å². The predicted molar refractivity (Wildman–Crippen MR) is 73.5 cm³/mol. The number of halogens is 4. The maximum absolute atomic E-state index is 13.6. The fraction of sp³-hybridized carbons (Fsp3) is 0. The van der Waals surface area contributed by atoms with Gasteiger partial charge in [0.2, 0.25) is 0 Å². The van der Waals surface area contributed by atoms with Crippen molar-refractivity contribution in [2.45, 2.75) is 0 Å². The summed E-state index contributed by atoms with van der Waals surface area (Å²) in [5.41, 5.74) is -0.276. The van der Waals surface area contributed by atoms with Gasteiger partial charge in [0.1, 0.15) is 5.82 Å². The number of benzene rings is 2. The van der Waals surface area contributed by atoms with E-state index < -0.39 is 17.5 Å². The summed E-state index contributed by atoms with van der Waals surface area (Å²) in [5.74, 6) is -2.22. The molecule has 0 bridgehead atoms. The van der Waals surface area contributed by atoms with E-state index in [-0.39, 0.29) is 16.3 Å². The van der Waals surface area contributed by atoms with Gasteiger partial charge in [0.05, 0.1) is 16.3 Å². The van der Waals surface area contributed by atoms with Crippen LogP contribution in [-0.2, 0) is 0 Å². The Morgan fingerprint density at radius 2 is 1.95 bits per heavy atom. The maximum atomic E-state index is 13.6. The Bertz CT molecular complexity index is 649. The Hall–Kier alpha value is -1.46. The third-order valence-corrected chi connectivity index (χ3v) is 3.16. The van der Waals surface area contributed by atoms with Gasteiger partial charge < -0.3 is 5.32 Å². The second-order valence-electron chi connectivity index (χ2n) is 3.68. The van der Waals surface area contributed by atoms with Crippen LogP contribution in [0.25, 0.3) is 0 Å². The normalized spacial score (nSPS) is 10.3. The molecule has 0 saturated carbocycles. The molecule has 19 heavy (non-hydrogen) atoms. The maximum Gasteiger partial charge on any atom is 0.258 e. The van der Waals surface area contributed by atoms with E-state index in [2.05, 4.69) is 21.2 Å². The number of carbonyl (C=O) groups excluding carboxylic acids is 1. The molecule has 2 rings (SSSR count). The number of hydrogen-bond acceptors (Lipinski definition) is 1. The van der Waals surface area contributed by atoms with Gasteiger partial charge in [0.15, 0.2) is 5.82 Å². The van der Waals surface area contributed by atoms with Crippen molar-refractivity contribution in [3.05, 3.63) is 63.1 Å². The molecule has 6 heteroatoms. The number of nitrogens with one attached hydrogen (secondary N) is 1. The highest BCUT2D eigenvalue weighted by Gasteiger charge is 2.15. The molecular weight excluding hydrogens is 340 g/mol. The number of rotatable bonds is 2. The molecule has 0 saturated heterocycles. The Morgan fingerprint density at radius 3 is 2.63 bits per heavy atom. The van der Waals surface area contributed by atoms with Crippen LogP contribution in [0.1, 0.15) is 10.4 Å². The Balaban J connectivity index is 2.28. The Kier molecular flexibility index (Phi) is 4.17. The van der Waals surface area contributed by atoms with Crippen LogP contribution in [-0.4, -0.2) is 5.91 Å². The van der Waals surface area contributed by atoms with Crippen LogP contribution in [0.4, 0.5) is 14.5 Å². The minimum Gasteiger partial charge on any atom is -0.319 e. The summed E-state index contributed by atoms with van der Waals surface area (Å²) in [6, 6.07) is 8.18. The summed E-state index contributed by atoms with van der Waals surface area (Å²) in [4.78, 5) is 11.8. The van der Waals surface area contributed by atoms with Gasteiger partial charge in [-0.3, -0.25) is 4.79 Å². The highest BCUT2D eigenvalue weighted by molar-refractivity contribution is 9.10. The van der Waals surface area contributed by atoms with E-state index in [1.807, 2.05) is 0 Å². The lowest BCUT2D eigenvalue weighted by Gasteiger charge is -2.08. The standard InChI is InChI=1S/C13H7BrClF2NO/c14-7-4-5-11(10(16)6-7)18-13(19)8-2-1-3-9(15)12(8)17/h1-6H,(H,18,19). The van der Waals surface area contributed by atoms with Crippen LogP contribution in [0.15, 0.2) is 40.9 Å². The molecule has 2 nitrogen and oxygen atoms in total. The first-order chi connectivity index (χ1) is 8.99. The molecule has 0 aliphatic carbocycles. The number of hydrogen-bond donors (Lipinski definition) is 1. The molecule has 0 atom stereocenters. The molecular formula is C13H7BrClF2NO. The third kappa shape index (κ3) is 3.11. The second kappa shape index (κ2) is 5.67. The van der Waals surface area contributed by atoms with Crippen LogP contribution >= 0.6 is 27.5 Å². The molecule has 1 amide bonds. The summed E-state index contributed by atoms with van der Waals surface area (Å²) in [6.07, 6.45) is 0. The molecule has 0 radical (unpaired) electrons. The molecule has 0 heterocycles. The van der Waals surface area contributed by atoms with E-state index in [9.17, 15) is 13.6 Å². The van der Waals surface area contributed by atoms with Crippen molar-refractivity contribution in [3.8, 4) is 0 Å². The quantitative estimate of drug-likeness (QED) is 0.844. The monoisotopic (exact) mass is 345 g/mol. The van der Waals surface area contributed by atoms with E-state index in [4.69, 9.17) is 11.6 Å². The zero-order valence-corrected chi connectivity index (χ0v) is 11.7. The second-order valence-corrected chi connectivity index (χ2v) is 5.00. The topological polar surface area (TPSA) is 29.1 Å². The number of amides is 1.